The molecule has 0 N–H and O–H groups in total. The first-order valence-corrected chi connectivity index (χ1v) is 9.52. The van der Waals surface area contributed by atoms with Gasteiger partial charge >= 0.3 is 0 Å². The maximum Gasteiger partial charge on any atom is 0.261 e. The van der Waals surface area contributed by atoms with Crippen molar-refractivity contribution >= 4 is 16.8 Å². The molecule has 1 aromatic carbocycles. The summed E-state index contributed by atoms with van der Waals surface area (Å²) in [7, 11) is 0. The van der Waals surface area contributed by atoms with Crippen LogP contribution in [0.1, 0.15) is 18.0 Å². The molecule has 0 aliphatic carbocycles. The van der Waals surface area contributed by atoms with Crippen molar-refractivity contribution in [3.05, 3.63) is 75.2 Å². The molecule has 7 heteroatoms. The maximum absolute atomic E-state index is 12.9. The molecule has 2 aromatic heterocycles. The Hall–Kier alpha value is -3.22. The van der Waals surface area contributed by atoms with Gasteiger partial charge in [0.15, 0.2) is 0 Å². The van der Waals surface area contributed by atoms with E-state index in [4.69, 9.17) is 0 Å². The van der Waals surface area contributed by atoms with Crippen molar-refractivity contribution in [2.75, 3.05) is 13.1 Å². The average molecular weight is 376 g/mol. The van der Waals surface area contributed by atoms with E-state index in [2.05, 4.69) is 4.98 Å². The summed E-state index contributed by atoms with van der Waals surface area (Å²) in [5.74, 6) is 0.346. The largest absolute Gasteiger partial charge is 0.340 e. The number of nitrogens with zero attached hydrogens (tertiary/aromatic N) is 4. The van der Waals surface area contributed by atoms with Gasteiger partial charge < -0.3 is 9.47 Å². The highest BCUT2D eigenvalue weighted by Gasteiger charge is 2.36. The Kier molecular flexibility index (Phi) is 3.89. The van der Waals surface area contributed by atoms with E-state index in [1.165, 1.54) is 10.9 Å². The van der Waals surface area contributed by atoms with Crippen molar-refractivity contribution in [3.63, 3.8) is 0 Å². The molecule has 0 radical (unpaired) electrons. The number of amides is 1. The van der Waals surface area contributed by atoms with Gasteiger partial charge in [-0.2, -0.15) is 0 Å². The number of carbonyl (C=O) groups is 1. The molecule has 2 atom stereocenters. The number of hydrogen-bond acceptors (Lipinski definition) is 4. The predicted octanol–water partition coefficient (Wildman–Crippen LogP) is 1.20. The van der Waals surface area contributed by atoms with Crippen LogP contribution < -0.4 is 11.1 Å². The second-order valence-electron chi connectivity index (χ2n) is 7.69. The minimum absolute atomic E-state index is 0.0162. The van der Waals surface area contributed by atoms with Gasteiger partial charge in [0.1, 0.15) is 6.54 Å². The van der Waals surface area contributed by atoms with E-state index >= 15 is 0 Å². The second-order valence-corrected chi connectivity index (χ2v) is 7.69. The summed E-state index contributed by atoms with van der Waals surface area (Å²) in [6.07, 6.45) is 2.44. The Morgan fingerprint density at radius 3 is 2.79 bits per heavy atom. The van der Waals surface area contributed by atoms with Crippen LogP contribution in [0.15, 0.2) is 58.4 Å². The van der Waals surface area contributed by atoms with Crippen LogP contribution in [0.3, 0.4) is 0 Å². The summed E-state index contributed by atoms with van der Waals surface area (Å²) < 4.78 is 3.23. The lowest BCUT2D eigenvalue weighted by molar-refractivity contribution is -0.134. The van der Waals surface area contributed by atoms with Crippen LogP contribution in [0.4, 0.5) is 0 Å². The van der Waals surface area contributed by atoms with Crippen LogP contribution in [0.25, 0.3) is 10.9 Å². The highest BCUT2D eigenvalue weighted by molar-refractivity contribution is 5.79. The molecule has 2 bridgehead atoms. The van der Waals surface area contributed by atoms with Gasteiger partial charge in [0, 0.05) is 37.3 Å². The van der Waals surface area contributed by atoms with Gasteiger partial charge in [-0.25, -0.2) is 4.98 Å². The zero-order valence-electron chi connectivity index (χ0n) is 15.3. The van der Waals surface area contributed by atoms with Crippen LogP contribution in [0, 0.1) is 5.92 Å². The summed E-state index contributed by atoms with van der Waals surface area (Å²) in [5.41, 5.74) is 1.46. The van der Waals surface area contributed by atoms with Gasteiger partial charge in [-0.3, -0.25) is 19.0 Å². The maximum atomic E-state index is 12.9. The minimum atomic E-state index is -0.201. The fourth-order valence-corrected chi connectivity index (χ4v) is 4.56. The third-order valence-electron chi connectivity index (χ3n) is 5.87. The van der Waals surface area contributed by atoms with E-state index in [1.54, 1.807) is 30.3 Å². The molecule has 7 nitrogen and oxygen atoms in total. The number of likely N-dealkylation sites (tertiary alicyclic amines) is 1. The van der Waals surface area contributed by atoms with Crippen molar-refractivity contribution in [3.8, 4) is 0 Å². The normalized spacial score (nSPS) is 20.8. The molecular weight excluding hydrogens is 356 g/mol. The molecule has 2 aliphatic rings. The number of piperidine rings is 1. The predicted molar refractivity (Wildman–Crippen MR) is 104 cm³/mol. The molecule has 3 aromatic rings. The van der Waals surface area contributed by atoms with Gasteiger partial charge in [-0.05, 0) is 30.5 Å². The summed E-state index contributed by atoms with van der Waals surface area (Å²) in [4.78, 5) is 43.9. The molecule has 0 spiro atoms. The highest BCUT2D eigenvalue weighted by atomic mass is 16.2. The Balaban J connectivity index is 1.40. The topological polar surface area (TPSA) is 77.2 Å². The summed E-state index contributed by atoms with van der Waals surface area (Å²) in [5, 5.41) is 0.515. The van der Waals surface area contributed by atoms with Gasteiger partial charge in [-0.1, -0.05) is 18.2 Å². The van der Waals surface area contributed by atoms with E-state index in [0.717, 1.165) is 12.1 Å². The lowest BCUT2D eigenvalue weighted by Crippen LogP contribution is -2.50. The quantitative estimate of drug-likeness (QED) is 0.674. The zero-order chi connectivity index (χ0) is 19.3. The first kappa shape index (κ1) is 16.9. The molecule has 2 aliphatic heterocycles. The smallest absolute Gasteiger partial charge is 0.261 e. The van der Waals surface area contributed by atoms with Crippen LogP contribution in [0.2, 0.25) is 0 Å². The van der Waals surface area contributed by atoms with Crippen LogP contribution in [-0.2, 0) is 17.9 Å². The van der Waals surface area contributed by atoms with E-state index < -0.39 is 0 Å². The van der Waals surface area contributed by atoms with Gasteiger partial charge in [0.25, 0.3) is 11.1 Å². The number of aromatic nitrogens is 3. The van der Waals surface area contributed by atoms with Crippen molar-refractivity contribution in [1.82, 2.24) is 19.0 Å². The molecule has 28 heavy (non-hydrogen) atoms. The van der Waals surface area contributed by atoms with Crippen molar-refractivity contribution in [2.24, 2.45) is 5.92 Å². The number of benzene rings is 1. The Morgan fingerprint density at radius 1 is 1.04 bits per heavy atom. The van der Waals surface area contributed by atoms with Crippen molar-refractivity contribution < 1.29 is 4.79 Å². The van der Waals surface area contributed by atoms with Crippen LogP contribution in [-0.4, -0.2) is 38.0 Å². The minimum Gasteiger partial charge on any atom is -0.340 e. The fraction of sp³-hybridized carbons (Fsp3) is 0.333. The van der Waals surface area contributed by atoms with Gasteiger partial charge in [-0.15, -0.1) is 0 Å². The third-order valence-corrected chi connectivity index (χ3v) is 5.87. The number of pyridine rings is 1. The van der Waals surface area contributed by atoms with E-state index in [0.29, 0.717) is 30.5 Å². The molecular formula is C21H20N4O3. The number of para-hydroxylation sites is 1. The molecule has 1 fully saturated rings. The molecule has 4 heterocycles. The number of rotatable bonds is 2. The SMILES string of the molecule is O=C(Cn1cnc2ccccc2c1=O)N1C[C@H]2C[C@@H](C1)c1cccc(=O)n1C2. The second kappa shape index (κ2) is 6.44. The van der Waals surface area contributed by atoms with Gasteiger partial charge in [0.05, 0.1) is 17.2 Å². The molecule has 1 amide bonds. The Labute approximate surface area is 160 Å². The molecule has 5 rings (SSSR count). The summed E-state index contributed by atoms with van der Waals surface area (Å²) in [6.45, 7) is 1.82. The lowest BCUT2D eigenvalue weighted by Gasteiger charge is -2.42. The van der Waals surface area contributed by atoms with Crippen LogP contribution in [0.5, 0.6) is 0 Å². The Bertz CT molecular complexity index is 1200. The van der Waals surface area contributed by atoms with Crippen LogP contribution >= 0.6 is 0 Å². The highest BCUT2D eigenvalue weighted by Crippen LogP contribution is 2.34. The number of fused-ring (bicyclic) bond motifs is 5. The van der Waals surface area contributed by atoms with E-state index in [9.17, 15) is 14.4 Å². The molecule has 0 unspecified atom stereocenters. The van der Waals surface area contributed by atoms with Gasteiger partial charge in [0.2, 0.25) is 5.91 Å². The average Bonchev–Trinajstić information content (AvgIpc) is 2.71. The molecule has 142 valence electrons. The standard InChI is InChI=1S/C21H20N4O3/c26-19-7-3-6-18-15-8-14(10-25(18)19)9-23(11-15)20(27)12-24-13-22-17-5-2-1-4-16(17)21(24)28/h1-7,13-15H,8-12H2/t14-,15+/m1/s1. The molecule has 1 saturated heterocycles. The fourth-order valence-electron chi connectivity index (χ4n) is 4.56. The van der Waals surface area contributed by atoms with Crippen molar-refractivity contribution in [1.29, 1.82) is 0 Å². The van der Waals surface area contributed by atoms with E-state index in [-0.39, 0.29) is 35.4 Å². The van der Waals surface area contributed by atoms with E-state index in [1.807, 2.05) is 21.6 Å². The zero-order valence-corrected chi connectivity index (χ0v) is 15.3. The first-order valence-electron chi connectivity index (χ1n) is 9.52. The molecule has 0 saturated carbocycles. The van der Waals surface area contributed by atoms with Crippen molar-refractivity contribution in [2.45, 2.75) is 25.4 Å². The number of carbonyl (C=O) groups excluding carboxylic acids is 1. The lowest BCUT2D eigenvalue weighted by atomic mass is 9.83. The third kappa shape index (κ3) is 2.74. The number of hydrogen-bond donors (Lipinski definition) is 0. The Morgan fingerprint density at radius 2 is 1.89 bits per heavy atom. The first-order chi connectivity index (χ1) is 13.6. The summed E-state index contributed by atoms with van der Waals surface area (Å²) in [6, 6.07) is 12.5. The monoisotopic (exact) mass is 376 g/mol. The summed E-state index contributed by atoms with van der Waals surface area (Å²) >= 11 is 0.